The SMILES string of the molecule is O=C(CCn1cnc2ccc(Br)cc2c1=O)N1CCCC(c2nccs2)C1. The van der Waals surface area contributed by atoms with E-state index in [2.05, 4.69) is 25.9 Å². The first-order valence-corrected chi connectivity index (χ1v) is 10.6. The minimum absolute atomic E-state index is 0.0810. The maximum atomic E-state index is 12.7. The zero-order valence-electron chi connectivity index (χ0n) is 14.7. The summed E-state index contributed by atoms with van der Waals surface area (Å²) in [5.41, 5.74) is 0.543. The molecule has 1 saturated heterocycles. The van der Waals surface area contributed by atoms with E-state index in [1.165, 1.54) is 10.9 Å². The number of aromatic nitrogens is 3. The van der Waals surface area contributed by atoms with Gasteiger partial charge in [0.2, 0.25) is 5.91 Å². The molecule has 3 aromatic rings. The minimum Gasteiger partial charge on any atom is -0.342 e. The molecule has 0 radical (unpaired) electrons. The molecule has 0 bridgehead atoms. The van der Waals surface area contributed by atoms with E-state index in [9.17, 15) is 9.59 Å². The summed E-state index contributed by atoms with van der Waals surface area (Å²) in [6.07, 6.45) is 5.70. The Bertz CT molecular complexity index is 1020. The van der Waals surface area contributed by atoms with E-state index in [4.69, 9.17) is 0 Å². The van der Waals surface area contributed by atoms with Crippen molar-refractivity contribution in [3.63, 3.8) is 0 Å². The summed E-state index contributed by atoms with van der Waals surface area (Å²) in [6, 6.07) is 5.44. The van der Waals surface area contributed by atoms with E-state index in [0.29, 0.717) is 36.3 Å². The summed E-state index contributed by atoms with van der Waals surface area (Å²) < 4.78 is 2.36. The largest absolute Gasteiger partial charge is 0.342 e. The molecule has 3 heterocycles. The Kier molecular flexibility index (Phi) is 5.36. The lowest BCUT2D eigenvalue weighted by Crippen LogP contribution is -2.39. The number of nitrogens with zero attached hydrogens (tertiary/aromatic N) is 4. The van der Waals surface area contributed by atoms with Gasteiger partial charge >= 0.3 is 0 Å². The Labute approximate surface area is 169 Å². The number of fused-ring (bicyclic) bond motifs is 1. The maximum absolute atomic E-state index is 12.7. The van der Waals surface area contributed by atoms with Crippen molar-refractivity contribution in [2.24, 2.45) is 0 Å². The molecule has 140 valence electrons. The zero-order chi connectivity index (χ0) is 18.8. The van der Waals surface area contributed by atoms with E-state index in [1.54, 1.807) is 17.4 Å². The summed E-state index contributed by atoms with van der Waals surface area (Å²) in [4.78, 5) is 36.0. The van der Waals surface area contributed by atoms with Crippen LogP contribution in [-0.4, -0.2) is 38.4 Å². The number of halogens is 1. The van der Waals surface area contributed by atoms with Crippen molar-refractivity contribution in [3.8, 4) is 0 Å². The van der Waals surface area contributed by atoms with Crippen LogP contribution in [-0.2, 0) is 11.3 Å². The number of hydrogen-bond acceptors (Lipinski definition) is 5. The summed E-state index contributed by atoms with van der Waals surface area (Å²) >= 11 is 5.04. The lowest BCUT2D eigenvalue weighted by molar-refractivity contribution is -0.132. The minimum atomic E-state index is -0.117. The van der Waals surface area contributed by atoms with Crippen molar-refractivity contribution in [2.75, 3.05) is 13.1 Å². The number of rotatable bonds is 4. The summed E-state index contributed by atoms with van der Waals surface area (Å²) in [7, 11) is 0. The van der Waals surface area contributed by atoms with Crippen molar-refractivity contribution in [1.82, 2.24) is 19.4 Å². The molecule has 4 rings (SSSR count). The van der Waals surface area contributed by atoms with Crippen LogP contribution in [0.5, 0.6) is 0 Å². The molecule has 27 heavy (non-hydrogen) atoms. The van der Waals surface area contributed by atoms with Gasteiger partial charge in [-0.05, 0) is 31.0 Å². The molecule has 1 aliphatic rings. The molecule has 2 aromatic heterocycles. The summed E-state index contributed by atoms with van der Waals surface area (Å²) in [5.74, 6) is 0.405. The normalized spacial score (nSPS) is 17.4. The number of aryl methyl sites for hydroxylation is 1. The third-order valence-electron chi connectivity index (χ3n) is 4.93. The first kappa shape index (κ1) is 18.3. The molecule has 0 N–H and O–H groups in total. The monoisotopic (exact) mass is 446 g/mol. The fourth-order valence-electron chi connectivity index (χ4n) is 3.51. The van der Waals surface area contributed by atoms with Crippen LogP contribution in [0, 0.1) is 0 Å². The van der Waals surface area contributed by atoms with Gasteiger partial charge in [0.15, 0.2) is 0 Å². The Balaban J connectivity index is 1.44. The van der Waals surface area contributed by atoms with E-state index in [1.807, 2.05) is 28.6 Å². The lowest BCUT2D eigenvalue weighted by Gasteiger charge is -2.32. The Hall–Kier alpha value is -2.06. The number of carbonyl (C=O) groups is 1. The van der Waals surface area contributed by atoms with Crippen molar-refractivity contribution in [2.45, 2.75) is 31.7 Å². The first-order chi connectivity index (χ1) is 13.1. The van der Waals surface area contributed by atoms with Crippen LogP contribution in [0.3, 0.4) is 0 Å². The second-order valence-electron chi connectivity index (χ2n) is 6.70. The van der Waals surface area contributed by atoms with E-state index < -0.39 is 0 Å². The third-order valence-corrected chi connectivity index (χ3v) is 6.36. The molecule has 0 saturated carbocycles. The van der Waals surface area contributed by atoms with Gasteiger partial charge in [-0.2, -0.15) is 0 Å². The Morgan fingerprint density at radius 2 is 2.22 bits per heavy atom. The Morgan fingerprint density at radius 3 is 3.04 bits per heavy atom. The first-order valence-electron chi connectivity index (χ1n) is 8.93. The summed E-state index contributed by atoms with van der Waals surface area (Å²) in [5, 5.41) is 3.64. The number of hydrogen-bond donors (Lipinski definition) is 0. The van der Waals surface area contributed by atoms with Crippen LogP contribution in [0.2, 0.25) is 0 Å². The van der Waals surface area contributed by atoms with Crippen molar-refractivity contribution in [3.05, 3.63) is 55.9 Å². The van der Waals surface area contributed by atoms with Gasteiger partial charge in [-0.3, -0.25) is 14.2 Å². The van der Waals surface area contributed by atoms with Crippen LogP contribution in [0.1, 0.15) is 30.2 Å². The number of carbonyl (C=O) groups excluding carboxylic acids is 1. The topological polar surface area (TPSA) is 68.1 Å². The smallest absolute Gasteiger partial charge is 0.261 e. The molecule has 0 spiro atoms. The molecule has 1 fully saturated rings. The van der Waals surface area contributed by atoms with Gasteiger partial charge in [0, 0.05) is 48.0 Å². The molecule has 1 unspecified atom stereocenters. The number of likely N-dealkylation sites (tertiary alicyclic amines) is 1. The molecule has 1 aromatic carbocycles. The fourth-order valence-corrected chi connectivity index (χ4v) is 4.63. The molecular weight excluding hydrogens is 428 g/mol. The van der Waals surface area contributed by atoms with E-state index >= 15 is 0 Å². The van der Waals surface area contributed by atoms with Gasteiger partial charge in [-0.15, -0.1) is 11.3 Å². The van der Waals surface area contributed by atoms with E-state index in [0.717, 1.165) is 28.9 Å². The van der Waals surface area contributed by atoms with Crippen LogP contribution in [0.4, 0.5) is 0 Å². The van der Waals surface area contributed by atoms with Crippen molar-refractivity contribution in [1.29, 1.82) is 0 Å². The average Bonchev–Trinajstić information content (AvgIpc) is 3.23. The molecule has 6 nitrogen and oxygen atoms in total. The van der Waals surface area contributed by atoms with Crippen LogP contribution in [0.15, 0.2) is 45.4 Å². The second kappa shape index (κ2) is 7.90. The maximum Gasteiger partial charge on any atom is 0.261 e. The van der Waals surface area contributed by atoms with Crippen LogP contribution in [0.25, 0.3) is 10.9 Å². The summed E-state index contributed by atoms with van der Waals surface area (Å²) in [6.45, 7) is 1.83. The number of amides is 1. The van der Waals surface area contributed by atoms with Crippen molar-refractivity contribution >= 4 is 44.1 Å². The highest BCUT2D eigenvalue weighted by Gasteiger charge is 2.26. The van der Waals surface area contributed by atoms with Gasteiger partial charge in [0.25, 0.3) is 5.56 Å². The second-order valence-corrected chi connectivity index (χ2v) is 8.55. The standard InChI is InChI=1S/C19H19BrN4O2S/c20-14-3-4-16-15(10-14)19(26)24(12-22-16)8-5-17(25)23-7-1-2-13(11-23)18-21-6-9-27-18/h3-4,6,9-10,12-13H,1-2,5,7-8,11H2. The molecule has 1 atom stereocenters. The third kappa shape index (κ3) is 3.96. The number of piperidine rings is 1. The quantitative estimate of drug-likeness (QED) is 0.615. The molecule has 1 aliphatic heterocycles. The average molecular weight is 447 g/mol. The van der Waals surface area contributed by atoms with Crippen molar-refractivity contribution < 1.29 is 4.79 Å². The van der Waals surface area contributed by atoms with Crippen LogP contribution < -0.4 is 5.56 Å². The zero-order valence-corrected chi connectivity index (χ0v) is 17.1. The number of benzene rings is 1. The Morgan fingerprint density at radius 1 is 1.33 bits per heavy atom. The fraction of sp³-hybridized carbons (Fsp3) is 0.368. The molecular formula is C19H19BrN4O2S. The highest BCUT2D eigenvalue weighted by atomic mass is 79.9. The van der Waals surface area contributed by atoms with Gasteiger partial charge in [0.1, 0.15) is 0 Å². The number of thiazole rings is 1. The molecule has 1 amide bonds. The highest BCUT2D eigenvalue weighted by Crippen LogP contribution is 2.28. The van der Waals surface area contributed by atoms with Gasteiger partial charge in [-0.25, -0.2) is 9.97 Å². The van der Waals surface area contributed by atoms with E-state index in [-0.39, 0.29) is 11.5 Å². The van der Waals surface area contributed by atoms with Gasteiger partial charge in [0.05, 0.1) is 22.2 Å². The lowest BCUT2D eigenvalue weighted by atomic mass is 9.98. The van der Waals surface area contributed by atoms with Gasteiger partial charge in [-0.1, -0.05) is 15.9 Å². The molecule has 8 heteroatoms. The molecule has 0 aliphatic carbocycles. The highest BCUT2D eigenvalue weighted by molar-refractivity contribution is 9.10. The van der Waals surface area contributed by atoms with Crippen LogP contribution >= 0.6 is 27.3 Å². The van der Waals surface area contributed by atoms with Gasteiger partial charge < -0.3 is 4.90 Å². The predicted octanol–water partition coefficient (Wildman–Crippen LogP) is 3.41. The predicted molar refractivity (Wildman–Crippen MR) is 109 cm³/mol.